The van der Waals surface area contributed by atoms with E-state index in [0.29, 0.717) is 11.5 Å². The van der Waals surface area contributed by atoms with Crippen molar-refractivity contribution in [2.75, 3.05) is 6.79 Å². The van der Waals surface area contributed by atoms with Crippen molar-refractivity contribution < 1.29 is 19.3 Å². The topological polar surface area (TPSA) is 47.9 Å². The number of ether oxygens (including phenoxy) is 3. The fraction of sp³-hybridized carbons (Fsp3) is 0.455. The number of rotatable bonds is 3. The van der Waals surface area contributed by atoms with Crippen LogP contribution < -0.4 is 14.2 Å². The van der Waals surface area contributed by atoms with Gasteiger partial charge in [0.2, 0.25) is 6.79 Å². The minimum atomic E-state index is -0.504. The van der Waals surface area contributed by atoms with Gasteiger partial charge in [-0.3, -0.25) is 0 Å². The van der Waals surface area contributed by atoms with Crippen LogP contribution in [-0.4, -0.2) is 24.1 Å². The Bertz CT molecular complexity index is 348. The summed E-state index contributed by atoms with van der Waals surface area (Å²) >= 11 is 0. The van der Waals surface area contributed by atoms with Crippen LogP contribution in [0.5, 0.6) is 17.2 Å². The van der Waals surface area contributed by atoms with E-state index in [1.54, 1.807) is 25.1 Å². The Balaban J connectivity index is 2.10. The van der Waals surface area contributed by atoms with Crippen molar-refractivity contribution in [1.82, 2.24) is 0 Å². The maximum Gasteiger partial charge on any atom is 0.231 e. The summed E-state index contributed by atoms with van der Waals surface area (Å²) in [4.78, 5) is 0. The van der Waals surface area contributed by atoms with E-state index < -0.39 is 6.10 Å². The Labute approximate surface area is 88.4 Å². The zero-order valence-corrected chi connectivity index (χ0v) is 8.77. The van der Waals surface area contributed by atoms with Gasteiger partial charge in [-0.25, -0.2) is 0 Å². The molecule has 1 aliphatic heterocycles. The number of aliphatic hydroxyl groups is 1. The highest BCUT2D eigenvalue weighted by Gasteiger charge is 2.16. The summed E-state index contributed by atoms with van der Waals surface area (Å²) in [6, 6.07) is 5.36. The molecule has 1 N–H and O–H groups in total. The molecule has 0 fully saturated rings. The van der Waals surface area contributed by atoms with Gasteiger partial charge in [0, 0.05) is 6.07 Å². The lowest BCUT2D eigenvalue weighted by molar-refractivity contribution is 0.0603. The van der Waals surface area contributed by atoms with Crippen molar-refractivity contribution in [2.45, 2.75) is 26.1 Å². The Morgan fingerprint density at radius 3 is 2.73 bits per heavy atom. The Kier molecular flexibility index (Phi) is 2.68. The van der Waals surface area contributed by atoms with Gasteiger partial charge in [-0.1, -0.05) is 0 Å². The predicted octanol–water partition coefficient (Wildman–Crippen LogP) is 1.56. The Morgan fingerprint density at radius 2 is 2.00 bits per heavy atom. The molecule has 0 aliphatic carbocycles. The highest BCUT2D eigenvalue weighted by Crippen LogP contribution is 2.35. The quantitative estimate of drug-likeness (QED) is 0.822. The number of aliphatic hydroxyl groups excluding tert-OH is 1. The van der Waals surface area contributed by atoms with Crippen molar-refractivity contribution in [3.63, 3.8) is 0 Å². The van der Waals surface area contributed by atoms with E-state index in [1.807, 2.05) is 6.92 Å². The minimum Gasteiger partial charge on any atom is -0.488 e. The highest BCUT2D eigenvalue weighted by atomic mass is 16.7. The van der Waals surface area contributed by atoms with Crippen LogP contribution in [0.1, 0.15) is 13.8 Å². The van der Waals surface area contributed by atoms with E-state index in [1.165, 1.54) is 0 Å². The average molecular weight is 210 g/mol. The van der Waals surface area contributed by atoms with E-state index in [-0.39, 0.29) is 12.9 Å². The summed E-state index contributed by atoms with van der Waals surface area (Å²) in [7, 11) is 0. The number of hydrogen-bond donors (Lipinski definition) is 1. The van der Waals surface area contributed by atoms with Crippen molar-refractivity contribution in [1.29, 1.82) is 0 Å². The third kappa shape index (κ3) is 2.15. The first kappa shape index (κ1) is 10.1. The number of hydrogen-bond acceptors (Lipinski definition) is 4. The zero-order valence-electron chi connectivity index (χ0n) is 8.77. The second-order valence-corrected chi connectivity index (χ2v) is 3.58. The van der Waals surface area contributed by atoms with Gasteiger partial charge in [-0.05, 0) is 26.0 Å². The molecule has 0 saturated heterocycles. The number of fused-ring (bicyclic) bond motifs is 1. The van der Waals surface area contributed by atoms with Crippen LogP contribution in [0.2, 0.25) is 0 Å². The van der Waals surface area contributed by atoms with Crippen LogP contribution in [0.15, 0.2) is 18.2 Å². The second-order valence-electron chi connectivity index (χ2n) is 3.58. The summed E-state index contributed by atoms with van der Waals surface area (Å²) in [5.74, 6) is 2.09. The zero-order chi connectivity index (χ0) is 10.8. The molecule has 2 rings (SSSR count). The van der Waals surface area contributed by atoms with Gasteiger partial charge in [-0.15, -0.1) is 0 Å². The molecule has 82 valence electrons. The highest BCUT2D eigenvalue weighted by molar-refractivity contribution is 5.46. The largest absolute Gasteiger partial charge is 0.488 e. The van der Waals surface area contributed by atoms with E-state index in [2.05, 4.69) is 0 Å². The first-order valence-electron chi connectivity index (χ1n) is 4.91. The lowest BCUT2D eigenvalue weighted by Crippen LogP contribution is -2.25. The van der Waals surface area contributed by atoms with Crippen LogP contribution in [0, 0.1) is 0 Å². The molecule has 0 saturated carbocycles. The standard InChI is InChI=1S/C11H14O4/c1-7(12)8(2)15-9-3-4-10-11(5-9)14-6-13-10/h3-5,7-8,12H,6H2,1-2H3. The van der Waals surface area contributed by atoms with Gasteiger partial charge < -0.3 is 19.3 Å². The smallest absolute Gasteiger partial charge is 0.231 e. The van der Waals surface area contributed by atoms with Crippen molar-refractivity contribution >= 4 is 0 Å². The normalized spacial score (nSPS) is 17.3. The average Bonchev–Trinajstić information content (AvgIpc) is 2.64. The summed E-state index contributed by atoms with van der Waals surface area (Å²) < 4.78 is 15.9. The molecule has 4 nitrogen and oxygen atoms in total. The predicted molar refractivity (Wildman–Crippen MR) is 54.3 cm³/mol. The number of benzene rings is 1. The summed E-state index contributed by atoms with van der Waals surface area (Å²) in [6.45, 7) is 3.76. The molecule has 0 aromatic heterocycles. The molecule has 15 heavy (non-hydrogen) atoms. The second kappa shape index (κ2) is 3.98. The van der Waals surface area contributed by atoms with Crippen molar-refractivity contribution in [2.24, 2.45) is 0 Å². The molecule has 1 aliphatic rings. The van der Waals surface area contributed by atoms with Gasteiger partial charge in [0.15, 0.2) is 11.5 Å². The lowest BCUT2D eigenvalue weighted by Gasteiger charge is -2.17. The molecular formula is C11H14O4. The lowest BCUT2D eigenvalue weighted by atomic mass is 10.2. The Morgan fingerprint density at radius 1 is 1.27 bits per heavy atom. The Hall–Kier alpha value is -1.42. The van der Waals surface area contributed by atoms with Gasteiger partial charge in [-0.2, -0.15) is 0 Å². The van der Waals surface area contributed by atoms with Gasteiger partial charge in [0.05, 0.1) is 6.10 Å². The molecule has 4 heteroatoms. The van der Waals surface area contributed by atoms with Gasteiger partial charge in [0.25, 0.3) is 0 Å². The van der Waals surface area contributed by atoms with Gasteiger partial charge in [0.1, 0.15) is 11.9 Å². The molecule has 0 radical (unpaired) electrons. The first-order valence-corrected chi connectivity index (χ1v) is 4.91. The molecule has 2 unspecified atom stereocenters. The minimum absolute atomic E-state index is 0.245. The van der Waals surface area contributed by atoms with Crippen LogP contribution in [-0.2, 0) is 0 Å². The molecule has 1 aromatic rings. The molecule has 0 bridgehead atoms. The summed E-state index contributed by atoms with van der Waals surface area (Å²) in [5, 5.41) is 9.29. The third-order valence-corrected chi connectivity index (χ3v) is 2.35. The molecule has 2 atom stereocenters. The van der Waals surface area contributed by atoms with Crippen LogP contribution in [0.25, 0.3) is 0 Å². The van der Waals surface area contributed by atoms with Crippen LogP contribution in [0.3, 0.4) is 0 Å². The van der Waals surface area contributed by atoms with E-state index in [0.717, 1.165) is 5.75 Å². The van der Waals surface area contributed by atoms with Crippen LogP contribution in [0.4, 0.5) is 0 Å². The van der Waals surface area contributed by atoms with E-state index >= 15 is 0 Å². The molecular weight excluding hydrogens is 196 g/mol. The van der Waals surface area contributed by atoms with Gasteiger partial charge >= 0.3 is 0 Å². The van der Waals surface area contributed by atoms with Crippen molar-refractivity contribution in [3.8, 4) is 17.2 Å². The van der Waals surface area contributed by atoms with E-state index in [4.69, 9.17) is 14.2 Å². The fourth-order valence-corrected chi connectivity index (χ4v) is 1.26. The summed E-state index contributed by atoms with van der Waals surface area (Å²) in [5.41, 5.74) is 0. The maximum absolute atomic E-state index is 9.29. The van der Waals surface area contributed by atoms with E-state index in [9.17, 15) is 5.11 Å². The fourth-order valence-electron chi connectivity index (χ4n) is 1.26. The maximum atomic E-state index is 9.29. The summed E-state index contributed by atoms with van der Waals surface area (Å²) in [6.07, 6.45) is -0.749. The van der Waals surface area contributed by atoms with Crippen LogP contribution >= 0.6 is 0 Å². The molecule has 0 spiro atoms. The monoisotopic (exact) mass is 210 g/mol. The molecule has 0 amide bonds. The molecule has 1 aromatic carbocycles. The SMILES string of the molecule is CC(O)C(C)Oc1ccc2c(c1)OCO2. The first-order chi connectivity index (χ1) is 7.16. The molecule has 1 heterocycles. The van der Waals surface area contributed by atoms with Crippen molar-refractivity contribution in [3.05, 3.63) is 18.2 Å². The third-order valence-electron chi connectivity index (χ3n) is 2.35.